The Bertz CT molecular complexity index is 464. The lowest BCUT2D eigenvalue weighted by atomic mass is 10.2. The SMILES string of the molecule is CS(=O)(=O)OCc1ccc(OC(F)(F)F)cc1. The summed E-state index contributed by atoms with van der Waals surface area (Å²) >= 11 is 0. The van der Waals surface area contributed by atoms with Gasteiger partial charge in [0, 0.05) is 0 Å². The van der Waals surface area contributed by atoms with Crippen molar-refractivity contribution in [3.8, 4) is 5.75 Å². The number of hydrogen-bond donors (Lipinski definition) is 0. The Morgan fingerprint density at radius 2 is 1.71 bits per heavy atom. The molecule has 0 bridgehead atoms. The lowest BCUT2D eigenvalue weighted by Gasteiger charge is -2.09. The molecule has 0 saturated carbocycles. The number of halogens is 3. The molecule has 96 valence electrons. The van der Waals surface area contributed by atoms with Crippen LogP contribution in [0, 0.1) is 0 Å². The molecule has 17 heavy (non-hydrogen) atoms. The first-order valence-electron chi connectivity index (χ1n) is 4.35. The average Bonchev–Trinajstić information content (AvgIpc) is 2.13. The normalized spacial score (nSPS) is 12.5. The number of alkyl halides is 3. The summed E-state index contributed by atoms with van der Waals surface area (Å²) in [6, 6.07) is 4.72. The van der Waals surface area contributed by atoms with Crippen LogP contribution in [0.3, 0.4) is 0 Å². The molecule has 1 rings (SSSR count). The molecule has 0 aliphatic rings. The molecule has 1 aromatic rings. The third-order valence-electron chi connectivity index (χ3n) is 1.60. The van der Waals surface area contributed by atoms with Crippen LogP contribution in [0.2, 0.25) is 0 Å². The maximum atomic E-state index is 11.8. The molecule has 1 aromatic carbocycles. The second-order valence-corrected chi connectivity index (χ2v) is 4.80. The van der Waals surface area contributed by atoms with Crippen LogP contribution in [0.1, 0.15) is 5.56 Å². The summed E-state index contributed by atoms with van der Waals surface area (Å²) in [7, 11) is -3.57. The number of hydrogen-bond acceptors (Lipinski definition) is 4. The van der Waals surface area contributed by atoms with Crippen molar-refractivity contribution in [2.75, 3.05) is 6.26 Å². The summed E-state index contributed by atoms with van der Waals surface area (Å²) in [4.78, 5) is 0. The highest BCUT2D eigenvalue weighted by Crippen LogP contribution is 2.22. The van der Waals surface area contributed by atoms with E-state index in [9.17, 15) is 21.6 Å². The van der Waals surface area contributed by atoms with E-state index >= 15 is 0 Å². The van der Waals surface area contributed by atoms with Crippen LogP contribution in [-0.4, -0.2) is 21.0 Å². The van der Waals surface area contributed by atoms with Gasteiger partial charge in [-0.15, -0.1) is 13.2 Å². The second-order valence-electron chi connectivity index (χ2n) is 3.16. The van der Waals surface area contributed by atoms with Gasteiger partial charge in [-0.05, 0) is 17.7 Å². The zero-order valence-corrected chi connectivity index (χ0v) is 9.51. The summed E-state index contributed by atoms with van der Waals surface area (Å²) in [6.07, 6.45) is -3.86. The van der Waals surface area contributed by atoms with E-state index in [4.69, 9.17) is 0 Å². The highest BCUT2D eigenvalue weighted by Gasteiger charge is 2.30. The molecule has 0 aromatic heterocycles. The average molecular weight is 270 g/mol. The second kappa shape index (κ2) is 4.92. The van der Waals surface area contributed by atoms with Gasteiger partial charge in [-0.25, -0.2) is 0 Å². The van der Waals surface area contributed by atoms with Crippen molar-refractivity contribution in [3.63, 3.8) is 0 Å². The molecule has 0 N–H and O–H groups in total. The Labute approximate surface area is 96.1 Å². The van der Waals surface area contributed by atoms with Crippen molar-refractivity contribution in [1.29, 1.82) is 0 Å². The van der Waals surface area contributed by atoms with Crippen molar-refractivity contribution >= 4 is 10.1 Å². The van der Waals surface area contributed by atoms with Gasteiger partial charge in [0.1, 0.15) is 5.75 Å². The number of rotatable bonds is 4. The largest absolute Gasteiger partial charge is 0.573 e. The van der Waals surface area contributed by atoms with Crippen LogP contribution < -0.4 is 4.74 Å². The van der Waals surface area contributed by atoms with Gasteiger partial charge in [0.2, 0.25) is 0 Å². The summed E-state index contributed by atoms with van der Waals surface area (Å²) in [6.45, 7) is -0.231. The maximum Gasteiger partial charge on any atom is 0.573 e. The molecule has 0 unspecified atom stereocenters. The van der Waals surface area contributed by atoms with E-state index in [2.05, 4.69) is 8.92 Å². The maximum absolute atomic E-state index is 11.8. The van der Waals surface area contributed by atoms with Gasteiger partial charge in [0.15, 0.2) is 0 Å². The smallest absolute Gasteiger partial charge is 0.406 e. The first-order chi connectivity index (χ1) is 7.66. The molecule has 0 amide bonds. The van der Waals surface area contributed by atoms with E-state index in [0.717, 1.165) is 18.4 Å². The van der Waals surface area contributed by atoms with E-state index in [1.165, 1.54) is 12.1 Å². The van der Waals surface area contributed by atoms with Crippen LogP contribution in [-0.2, 0) is 20.9 Å². The lowest BCUT2D eigenvalue weighted by Crippen LogP contribution is -2.17. The predicted octanol–water partition coefficient (Wildman–Crippen LogP) is 2.06. The van der Waals surface area contributed by atoms with Crippen LogP contribution in [0.5, 0.6) is 5.75 Å². The van der Waals surface area contributed by atoms with Gasteiger partial charge in [0.25, 0.3) is 10.1 Å². The van der Waals surface area contributed by atoms with E-state index in [-0.39, 0.29) is 12.4 Å². The molecule has 0 atom stereocenters. The molecule has 0 heterocycles. The Morgan fingerprint density at radius 1 is 1.18 bits per heavy atom. The Morgan fingerprint density at radius 3 is 2.12 bits per heavy atom. The van der Waals surface area contributed by atoms with Gasteiger partial charge in [-0.1, -0.05) is 12.1 Å². The van der Waals surface area contributed by atoms with E-state index in [0.29, 0.717) is 5.56 Å². The Hall–Kier alpha value is -1.28. The van der Waals surface area contributed by atoms with Crippen LogP contribution in [0.4, 0.5) is 13.2 Å². The molecule has 0 radical (unpaired) electrons. The summed E-state index contributed by atoms with van der Waals surface area (Å²) in [5.74, 6) is -0.374. The van der Waals surface area contributed by atoms with Crippen molar-refractivity contribution in [2.45, 2.75) is 13.0 Å². The van der Waals surface area contributed by atoms with Crippen molar-refractivity contribution in [3.05, 3.63) is 29.8 Å². The number of ether oxygens (including phenoxy) is 1. The van der Waals surface area contributed by atoms with Crippen LogP contribution >= 0.6 is 0 Å². The van der Waals surface area contributed by atoms with Gasteiger partial charge < -0.3 is 4.74 Å². The monoisotopic (exact) mass is 270 g/mol. The van der Waals surface area contributed by atoms with Crippen molar-refractivity contribution in [1.82, 2.24) is 0 Å². The Kier molecular flexibility index (Phi) is 3.99. The molecule has 0 aliphatic heterocycles. The van der Waals surface area contributed by atoms with Gasteiger partial charge in [-0.2, -0.15) is 8.42 Å². The summed E-state index contributed by atoms with van der Waals surface area (Å²) in [5, 5.41) is 0. The lowest BCUT2D eigenvalue weighted by molar-refractivity contribution is -0.274. The molecule has 0 saturated heterocycles. The predicted molar refractivity (Wildman–Crippen MR) is 52.8 cm³/mol. The molecular formula is C9H9F3O4S. The van der Waals surface area contributed by atoms with Gasteiger partial charge in [0.05, 0.1) is 12.9 Å². The zero-order valence-electron chi connectivity index (χ0n) is 8.69. The molecule has 0 fully saturated rings. The first kappa shape index (κ1) is 13.8. The zero-order chi connectivity index (χ0) is 13.1. The first-order valence-corrected chi connectivity index (χ1v) is 6.16. The van der Waals surface area contributed by atoms with Gasteiger partial charge >= 0.3 is 6.36 Å². The molecular weight excluding hydrogens is 261 g/mol. The van der Waals surface area contributed by atoms with E-state index in [1.807, 2.05) is 0 Å². The molecule has 0 spiro atoms. The molecule has 8 heteroatoms. The molecule has 0 aliphatic carbocycles. The quantitative estimate of drug-likeness (QED) is 0.786. The van der Waals surface area contributed by atoms with Crippen molar-refractivity contribution in [2.24, 2.45) is 0 Å². The van der Waals surface area contributed by atoms with E-state index in [1.54, 1.807) is 0 Å². The standard InChI is InChI=1S/C9H9F3O4S/c1-17(13,14)15-6-7-2-4-8(5-3-7)16-9(10,11)12/h2-5H,6H2,1H3. The fourth-order valence-corrected chi connectivity index (χ4v) is 1.31. The topological polar surface area (TPSA) is 52.6 Å². The van der Waals surface area contributed by atoms with Gasteiger partial charge in [-0.3, -0.25) is 4.18 Å². The minimum Gasteiger partial charge on any atom is -0.406 e. The highest BCUT2D eigenvalue weighted by atomic mass is 32.2. The fourth-order valence-electron chi connectivity index (χ4n) is 0.962. The summed E-state index contributed by atoms with van der Waals surface area (Å²) in [5.41, 5.74) is 0.421. The number of benzene rings is 1. The third kappa shape index (κ3) is 6.12. The van der Waals surface area contributed by atoms with Crippen molar-refractivity contribution < 1.29 is 30.5 Å². The summed E-state index contributed by atoms with van der Waals surface area (Å²) < 4.78 is 64.9. The van der Waals surface area contributed by atoms with E-state index < -0.39 is 16.5 Å². The Balaban J connectivity index is 2.62. The highest BCUT2D eigenvalue weighted by molar-refractivity contribution is 7.85. The minimum absolute atomic E-state index is 0.231. The molecule has 4 nitrogen and oxygen atoms in total. The minimum atomic E-state index is -4.75. The van der Waals surface area contributed by atoms with Crippen LogP contribution in [0.25, 0.3) is 0 Å². The fraction of sp³-hybridized carbons (Fsp3) is 0.333. The third-order valence-corrected chi connectivity index (χ3v) is 2.14. The van der Waals surface area contributed by atoms with Crippen LogP contribution in [0.15, 0.2) is 24.3 Å².